The van der Waals surface area contributed by atoms with E-state index in [0.717, 1.165) is 26.1 Å². The van der Waals surface area contributed by atoms with Gasteiger partial charge in [0.05, 0.1) is 12.9 Å². The Balaban J connectivity index is 2.24. The molecule has 1 aromatic rings. The van der Waals surface area contributed by atoms with E-state index in [4.69, 9.17) is 4.74 Å². The van der Waals surface area contributed by atoms with Gasteiger partial charge in [-0.15, -0.1) is 0 Å². The van der Waals surface area contributed by atoms with Crippen LogP contribution in [0.25, 0.3) is 0 Å². The first-order valence-corrected chi connectivity index (χ1v) is 5.73. The van der Waals surface area contributed by atoms with Gasteiger partial charge >= 0.3 is 0 Å². The molecule has 1 aromatic carbocycles. The van der Waals surface area contributed by atoms with Gasteiger partial charge in [-0.05, 0) is 37.9 Å². The van der Waals surface area contributed by atoms with Gasteiger partial charge in [0.2, 0.25) is 0 Å². The van der Waals surface area contributed by atoms with Crippen molar-refractivity contribution in [3.8, 4) is 0 Å². The number of rotatable bonds is 7. The molecule has 0 bridgehead atoms. The fraction of sp³-hybridized carbons (Fsp3) is 0.429. The molecule has 16 heavy (non-hydrogen) atoms. The zero-order valence-electron chi connectivity index (χ0n) is 10.3. The Kier molecular flexibility index (Phi) is 5.65. The summed E-state index contributed by atoms with van der Waals surface area (Å²) >= 11 is 0. The summed E-state index contributed by atoms with van der Waals surface area (Å²) < 4.78 is 5.05. The number of aryl methyl sites for hydroxylation is 2. The second-order valence-corrected chi connectivity index (χ2v) is 4.00. The first-order chi connectivity index (χ1) is 7.74. The first kappa shape index (κ1) is 12.8. The van der Waals surface area contributed by atoms with Crippen LogP contribution in [-0.4, -0.2) is 13.2 Å². The number of ether oxygens (including phenoxy) is 1. The standard InChI is InChI=1S/C14H21NO/c1-4-16-9-5-8-15-11-14-7-6-12(2)10-13(14)3/h4,6-7,10,15H,1,5,8-9,11H2,2-3H3. The van der Waals surface area contributed by atoms with Crippen LogP contribution in [0.3, 0.4) is 0 Å². The van der Waals surface area contributed by atoms with Crippen LogP contribution in [0.1, 0.15) is 23.1 Å². The van der Waals surface area contributed by atoms with E-state index in [0.29, 0.717) is 0 Å². The molecule has 0 unspecified atom stereocenters. The molecule has 0 atom stereocenters. The third kappa shape index (κ3) is 4.49. The lowest BCUT2D eigenvalue weighted by Gasteiger charge is -2.08. The molecule has 0 saturated carbocycles. The van der Waals surface area contributed by atoms with Gasteiger partial charge in [0.25, 0.3) is 0 Å². The first-order valence-electron chi connectivity index (χ1n) is 5.73. The molecule has 0 radical (unpaired) electrons. The third-order valence-corrected chi connectivity index (χ3v) is 2.55. The van der Waals surface area contributed by atoms with Crippen LogP contribution in [-0.2, 0) is 11.3 Å². The molecule has 0 heterocycles. The van der Waals surface area contributed by atoms with Gasteiger partial charge in [0, 0.05) is 6.54 Å². The van der Waals surface area contributed by atoms with Crippen molar-refractivity contribution in [1.82, 2.24) is 5.32 Å². The summed E-state index contributed by atoms with van der Waals surface area (Å²) in [6.07, 6.45) is 2.50. The molecule has 1 N–H and O–H groups in total. The molecule has 0 aliphatic carbocycles. The summed E-state index contributed by atoms with van der Waals surface area (Å²) in [6, 6.07) is 6.57. The molecular weight excluding hydrogens is 198 g/mol. The van der Waals surface area contributed by atoms with Crippen LogP contribution in [0.4, 0.5) is 0 Å². The van der Waals surface area contributed by atoms with Crippen LogP contribution in [0.15, 0.2) is 31.0 Å². The van der Waals surface area contributed by atoms with Crippen molar-refractivity contribution in [3.63, 3.8) is 0 Å². The smallest absolute Gasteiger partial charge is 0.0885 e. The van der Waals surface area contributed by atoms with Gasteiger partial charge in [0.1, 0.15) is 0 Å². The highest BCUT2D eigenvalue weighted by Gasteiger charge is 1.97. The molecule has 2 nitrogen and oxygen atoms in total. The predicted octanol–water partition coefficient (Wildman–Crippen LogP) is 2.94. The van der Waals surface area contributed by atoms with E-state index >= 15 is 0 Å². The van der Waals surface area contributed by atoms with Crippen LogP contribution in [0.5, 0.6) is 0 Å². The van der Waals surface area contributed by atoms with E-state index in [1.807, 2.05) is 0 Å². The minimum atomic E-state index is 0.739. The zero-order valence-corrected chi connectivity index (χ0v) is 10.3. The van der Waals surface area contributed by atoms with E-state index < -0.39 is 0 Å². The van der Waals surface area contributed by atoms with Crippen molar-refractivity contribution < 1.29 is 4.74 Å². The lowest BCUT2D eigenvalue weighted by molar-refractivity contribution is 0.244. The van der Waals surface area contributed by atoms with Crippen LogP contribution in [0.2, 0.25) is 0 Å². The predicted molar refractivity (Wildman–Crippen MR) is 68.4 cm³/mol. The van der Waals surface area contributed by atoms with E-state index in [9.17, 15) is 0 Å². The Labute approximate surface area is 98.3 Å². The topological polar surface area (TPSA) is 21.3 Å². The minimum absolute atomic E-state index is 0.739. The van der Waals surface area contributed by atoms with Crippen LogP contribution >= 0.6 is 0 Å². The summed E-state index contributed by atoms with van der Waals surface area (Å²) in [5.41, 5.74) is 4.05. The fourth-order valence-corrected chi connectivity index (χ4v) is 1.63. The Morgan fingerprint density at radius 1 is 1.38 bits per heavy atom. The quantitative estimate of drug-likeness (QED) is 0.562. The second kappa shape index (κ2) is 7.07. The average molecular weight is 219 g/mol. The van der Waals surface area contributed by atoms with Gasteiger partial charge in [-0.2, -0.15) is 0 Å². The molecule has 0 spiro atoms. The summed E-state index contributed by atoms with van der Waals surface area (Å²) in [6.45, 7) is 10.4. The van der Waals surface area contributed by atoms with Crippen molar-refractivity contribution in [2.24, 2.45) is 0 Å². The molecule has 0 aromatic heterocycles. The van der Waals surface area contributed by atoms with Crippen molar-refractivity contribution in [1.29, 1.82) is 0 Å². The van der Waals surface area contributed by atoms with Crippen molar-refractivity contribution in [3.05, 3.63) is 47.7 Å². The Bertz CT molecular complexity index is 334. The number of benzene rings is 1. The molecule has 0 aliphatic heterocycles. The van der Waals surface area contributed by atoms with E-state index in [-0.39, 0.29) is 0 Å². The maximum atomic E-state index is 5.05. The highest BCUT2D eigenvalue weighted by atomic mass is 16.5. The summed E-state index contributed by atoms with van der Waals surface area (Å²) in [5.74, 6) is 0. The molecule has 88 valence electrons. The average Bonchev–Trinajstić information content (AvgIpc) is 2.26. The van der Waals surface area contributed by atoms with Crippen molar-refractivity contribution in [2.45, 2.75) is 26.8 Å². The monoisotopic (exact) mass is 219 g/mol. The van der Waals surface area contributed by atoms with Crippen molar-refractivity contribution in [2.75, 3.05) is 13.2 Å². The SMILES string of the molecule is C=COCCCNCc1ccc(C)cc1C. The van der Waals surface area contributed by atoms with Crippen LogP contribution < -0.4 is 5.32 Å². The minimum Gasteiger partial charge on any atom is -0.502 e. The zero-order chi connectivity index (χ0) is 11.8. The van der Waals surface area contributed by atoms with Gasteiger partial charge < -0.3 is 10.1 Å². The molecular formula is C14H21NO. The Morgan fingerprint density at radius 2 is 2.19 bits per heavy atom. The highest BCUT2D eigenvalue weighted by Crippen LogP contribution is 2.09. The molecule has 0 amide bonds. The maximum Gasteiger partial charge on any atom is 0.0885 e. The second-order valence-electron chi connectivity index (χ2n) is 4.00. The van der Waals surface area contributed by atoms with E-state index in [1.165, 1.54) is 23.0 Å². The van der Waals surface area contributed by atoms with Gasteiger partial charge in [0.15, 0.2) is 0 Å². The Hall–Kier alpha value is -1.28. The summed E-state index contributed by atoms with van der Waals surface area (Å²) in [4.78, 5) is 0. The molecule has 1 rings (SSSR count). The van der Waals surface area contributed by atoms with Gasteiger partial charge in [-0.3, -0.25) is 0 Å². The van der Waals surface area contributed by atoms with E-state index in [2.05, 4.69) is 43.9 Å². The number of nitrogens with one attached hydrogen (secondary N) is 1. The lowest BCUT2D eigenvalue weighted by Crippen LogP contribution is -2.16. The van der Waals surface area contributed by atoms with E-state index in [1.54, 1.807) is 0 Å². The maximum absolute atomic E-state index is 5.05. The number of hydrogen-bond donors (Lipinski definition) is 1. The largest absolute Gasteiger partial charge is 0.502 e. The fourth-order valence-electron chi connectivity index (χ4n) is 1.63. The third-order valence-electron chi connectivity index (χ3n) is 2.55. The molecule has 0 saturated heterocycles. The van der Waals surface area contributed by atoms with Crippen molar-refractivity contribution >= 4 is 0 Å². The number of hydrogen-bond acceptors (Lipinski definition) is 2. The normalized spacial score (nSPS) is 10.1. The molecule has 0 aliphatic rings. The molecule has 2 heteroatoms. The summed E-state index contributed by atoms with van der Waals surface area (Å²) in [5, 5.41) is 3.41. The lowest BCUT2D eigenvalue weighted by atomic mass is 10.1. The Morgan fingerprint density at radius 3 is 2.88 bits per heavy atom. The highest BCUT2D eigenvalue weighted by molar-refractivity contribution is 5.30. The van der Waals surface area contributed by atoms with Gasteiger partial charge in [-0.25, -0.2) is 0 Å². The molecule has 0 fully saturated rings. The summed E-state index contributed by atoms with van der Waals surface area (Å²) in [7, 11) is 0. The van der Waals surface area contributed by atoms with Crippen LogP contribution in [0, 0.1) is 13.8 Å². The van der Waals surface area contributed by atoms with Gasteiger partial charge in [-0.1, -0.05) is 30.3 Å².